The quantitative estimate of drug-likeness (QED) is 0.0578. The number of hydrogen-bond donors (Lipinski definition) is 2. The number of anilines is 3. The molecule has 1 aliphatic heterocycles. The first-order chi connectivity index (χ1) is 31.9. The molecule has 8 rings (SSSR count). The first kappa shape index (κ1) is 45.4. The van der Waals surface area contributed by atoms with Gasteiger partial charge in [0.15, 0.2) is 0 Å². The number of para-hydroxylation sites is 1. The average molecular weight is 846 g/mol. The number of nitrogens with zero attached hydrogens (tertiary/aromatic N) is 1. The van der Waals surface area contributed by atoms with Crippen LogP contribution in [0.4, 0.5) is 17.1 Å². The molecule has 2 N–H and O–H groups in total. The van der Waals surface area contributed by atoms with E-state index in [1.807, 2.05) is 49.4 Å². The van der Waals surface area contributed by atoms with Crippen LogP contribution in [-0.4, -0.2) is 11.8 Å². The Morgan fingerprint density at radius 2 is 1.22 bits per heavy atom. The lowest BCUT2D eigenvalue weighted by Gasteiger charge is -2.27. The first-order valence-electron chi connectivity index (χ1n) is 22.5. The van der Waals surface area contributed by atoms with Gasteiger partial charge in [-0.2, -0.15) is 0 Å². The zero-order valence-electron chi connectivity index (χ0n) is 37.8. The Labute approximate surface area is 387 Å². The SMILES string of the molecule is C/C=C\C=C/Cc1ccc(C2NC2C(=N)c2ccc(-c3ccccc3)cc2)cc1.C=C/C=C\c1ccccc1N(c1ccc(-c2ccccc2)cc1)c1cccc(C/C=C\C(C)=C/C)c1. The van der Waals surface area contributed by atoms with E-state index < -0.39 is 0 Å². The van der Waals surface area contributed by atoms with Crippen LogP contribution in [0.3, 0.4) is 0 Å². The molecule has 1 heterocycles. The molecule has 3 heteroatoms. The Morgan fingerprint density at radius 1 is 0.600 bits per heavy atom. The normalized spacial score (nSPS) is 14.7. The molecule has 0 spiro atoms. The monoisotopic (exact) mass is 845 g/mol. The molecule has 1 aliphatic rings. The Morgan fingerprint density at radius 3 is 1.86 bits per heavy atom. The lowest BCUT2D eigenvalue weighted by atomic mass is 9.98. The summed E-state index contributed by atoms with van der Waals surface area (Å²) in [5.74, 6) is 0. The van der Waals surface area contributed by atoms with E-state index >= 15 is 0 Å². The fourth-order valence-corrected chi connectivity index (χ4v) is 7.75. The van der Waals surface area contributed by atoms with Gasteiger partial charge in [-0.25, -0.2) is 0 Å². The molecule has 0 bridgehead atoms. The summed E-state index contributed by atoms with van der Waals surface area (Å²) in [5.41, 5.74) is 16.1. The standard InChI is InChI=1S/C35H33N.C27H26N2/c1-4-6-17-32-20-10-11-22-35(32)36(33-25-23-31(24-26-33)30-18-8-7-9-19-30)34-21-13-16-29(27-34)15-12-14-28(3)5-2;1-2-3-4-6-9-20-12-14-24(15-13-20)26-27(29-26)25(28)23-18-16-22(17-19-23)21-10-7-5-8-11-21/h4-14,16-27H,1,15H2,2-3H3;2-8,10-19,26-29H,9H2,1H3/b14-12-,17-6-,28-5-;3-2-,6-4-,28-25?. The first-order valence-corrected chi connectivity index (χ1v) is 22.5. The minimum atomic E-state index is 0.0954. The van der Waals surface area contributed by atoms with Crippen molar-refractivity contribution < 1.29 is 0 Å². The van der Waals surface area contributed by atoms with Crippen molar-refractivity contribution >= 4 is 28.8 Å². The highest BCUT2D eigenvalue weighted by Gasteiger charge is 2.41. The second-order valence-electron chi connectivity index (χ2n) is 16.1. The van der Waals surface area contributed by atoms with E-state index in [9.17, 15) is 0 Å². The minimum Gasteiger partial charge on any atom is -0.310 e. The van der Waals surface area contributed by atoms with Crippen LogP contribution in [0.15, 0.2) is 249 Å². The van der Waals surface area contributed by atoms with Crippen LogP contribution in [0.2, 0.25) is 0 Å². The van der Waals surface area contributed by atoms with E-state index in [0.29, 0.717) is 5.71 Å². The summed E-state index contributed by atoms with van der Waals surface area (Å²) >= 11 is 0. The summed E-state index contributed by atoms with van der Waals surface area (Å²) < 4.78 is 0. The molecule has 1 fully saturated rings. The number of hydrogen-bond acceptors (Lipinski definition) is 3. The van der Waals surface area contributed by atoms with Gasteiger partial charge in [0.2, 0.25) is 0 Å². The smallest absolute Gasteiger partial charge is 0.0697 e. The van der Waals surface area contributed by atoms with Gasteiger partial charge >= 0.3 is 0 Å². The molecule has 7 aromatic carbocycles. The Kier molecular flexibility index (Phi) is 16.2. The molecule has 0 amide bonds. The Bertz CT molecular complexity index is 2770. The van der Waals surface area contributed by atoms with Crippen molar-refractivity contribution in [2.45, 2.75) is 45.7 Å². The fourth-order valence-electron chi connectivity index (χ4n) is 7.75. The lowest BCUT2D eigenvalue weighted by molar-refractivity contribution is 1.07. The molecule has 2 unspecified atom stereocenters. The van der Waals surface area contributed by atoms with Gasteiger partial charge < -0.3 is 10.3 Å². The topological polar surface area (TPSA) is 49.0 Å². The maximum absolute atomic E-state index is 8.60. The zero-order valence-corrected chi connectivity index (χ0v) is 37.8. The van der Waals surface area contributed by atoms with Gasteiger partial charge in [0, 0.05) is 11.4 Å². The summed E-state index contributed by atoms with van der Waals surface area (Å²) in [7, 11) is 0. The van der Waals surface area contributed by atoms with Crippen LogP contribution in [-0.2, 0) is 12.8 Å². The zero-order chi connectivity index (χ0) is 45.2. The molecule has 0 aromatic heterocycles. The van der Waals surface area contributed by atoms with Crippen molar-refractivity contribution in [1.29, 1.82) is 5.41 Å². The lowest BCUT2D eigenvalue weighted by Crippen LogP contribution is -2.11. The van der Waals surface area contributed by atoms with E-state index in [1.54, 1.807) is 0 Å². The van der Waals surface area contributed by atoms with Crippen LogP contribution in [0.25, 0.3) is 28.3 Å². The maximum Gasteiger partial charge on any atom is 0.0697 e. The van der Waals surface area contributed by atoms with Crippen molar-refractivity contribution in [3.63, 3.8) is 0 Å². The van der Waals surface area contributed by atoms with Crippen LogP contribution >= 0.6 is 0 Å². The van der Waals surface area contributed by atoms with Crippen molar-refractivity contribution in [3.05, 3.63) is 277 Å². The fraction of sp³-hybridized carbons (Fsp3) is 0.113. The second-order valence-corrected chi connectivity index (χ2v) is 16.1. The molecular formula is C62H59N3. The third kappa shape index (κ3) is 12.5. The molecule has 3 nitrogen and oxygen atoms in total. The molecule has 65 heavy (non-hydrogen) atoms. The third-order valence-electron chi connectivity index (χ3n) is 11.5. The molecule has 0 aliphatic carbocycles. The van der Waals surface area contributed by atoms with Crippen LogP contribution < -0.4 is 10.2 Å². The minimum absolute atomic E-state index is 0.0954. The predicted octanol–water partition coefficient (Wildman–Crippen LogP) is 16.2. The van der Waals surface area contributed by atoms with Gasteiger partial charge in [-0.3, -0.25) is 5.32 Å². The van der Waals surface area contributed by atoms with Crippen LogP contribution in [0.1, 0.15) is 54.6 Å². The molecule has 2 atom stereocenters. The summed E-state index contributed by atoms with van der Waals surface area (Å²) in [5, 5.41) is 12.1. The summed E-state index contributed by atoms with van der Waals surface area (Å²) in [4.78, 5) is 2.34. The summed E-state index contributed by atoms with van der Waals surface area (Å²) in [6.07, 6.45) is 22.6. The second kappa shape index (κ2) is 23.2. The van der Waals surface area contributed by atoms with Gasteiger partial charge in [-0.15, -0.1) is 0 Å². The van der Waals surface area contributed by atoms with Gasteiger partial charge in [0.05, 0.1) is 23.5 Å². The van der Waals surface area contributed by atoms with Gasteiger partial charge in [0.25, 0.3) is 0 Å². The highest BCUT2D eigenvalue weighted by Crippen LogP contribution is 2.39. The van der Waals surface area contributed by atoms with Gasteiger partial charge in [0.1, 0.15) is 0 Å². The van der Waals surface area contributed by atoms with E-state index in [1.165, 1.54) is 44.5 Å². The van der Waals surface area contributed by atoms with E-state index in [-0.39, 0.29) is 12.1 Å². The van der Waals surface area contributed by atoms with Crippen LogP contribution in [0.5, 0.6) is 0 Å². The Balaban J connectivity index is 0.000000198. The maximum atomic E-state index is 8.60. The van der Waals surface area contributed by atoms with Crippen molar-refractivity contribution in [2.24, 2.45) is 0 Å². The van der Waals surface area contributed by atoms with E-state index in [4.69, 9.17) is 5.41 Å². The highest BCUT2D eigenvalue weighted by atomic mass is 15.2. The molecule has 1 saturated heterocycles. The molecular weight excluding hydrogens is 787 g/mol. The highest BCUT2D eigenvalue weighted by molar-refractivity contribution is 6.05. The molecule has 322 valence electrons. The molecule has 7 aromatic rings. The number of rotatable bonds is 16. The molecule has 0 saturated carbocycles. The third-order valence-corrected chi connectivity index (χ3v) is 11.5. The Hall–Kier alpha value is -7.59. The predicted molar refractivity (Wildman–Crippen MR) is 281 cm³/mol. The largest absolute Gasteiger partial charge is 0.310 e. The number of benzene rings is 7. The number of nitrogens with one attached hydrogen (secondary N) is 2. The van der Waals surface area contributed by atoms with Crippen LogP contribution in [0, 0.1) is 5.41 Å². The summed E-state index contributed by atoms with van der Waals surface area (Å²) in [6, 6.07) is 64.4. The van der Waals surface area contributed by atoms with Crippen molar-refractivity contribution in [2.75, 3.05) is 4.90 Å². The number of allylic oxidation sites excluding steroid dienone is 10. The van der Waals surface area contributed by atoms with Crippen molar-refractivity contribution in [1.82, 2.24) is 5.32 Å². The van der Waals surface area contributed by atoms with E-state index in [0.717, 1.165) is 41.0 Å². The van der Waals surface area contributed by atoms with E-state index in [2.05, 4.69) is 231 Å². The molecule has 0 radical (unpaired) electrons. The van der Waals surface area contributed by atoms with Crippen molar-refractivity contribution in [3.8, 4) is 22.3 Å². The van der Waals surface area contributed by atoms with Gasteiger partial charge in [-0.05, 0) is 114 Å². The van der Waals surface area contributed by atoms with Gasteiger partial charge in [-0.1, -0.05) is 225 Å². The summed E-state index contributed by atoms with van der Waals surface area (Å²) in [6.45, 7) is 10.1. The average Bonchev–Trinajstić information content (AvgIpc) is 4.17.